The lowest BCUT2D eigenvalue weighted by Gasteiger charge is -2.31. The lowest BCUT2D eigenvalue weighted by molar-refractivity contribution is 0.173. The Morgan fingerprint density at radius 1 is 1.19 bits per heavy atom. The summed E-state index contributed by atoms with van der Waals surface area (Å²) in [5, 5.41) is 7.36. The van der Waals surface area contributed by atoms with Gasteiger partial charge in [0.15, 0.2) is 0 Å². The molecule has 0 saturated heterocycles. The van der Waals surface area contributed by atoms with Crippen LogP contribution >= 0.6 is 0 Å². The third kappa shape index (κ3) is 7.65. The van der Waals surface area contributed by atoms with Crippen LogP contribution in [0.2, 0.25) is 0 Å². The minimum absolute atomic E-state index is 0.283. The zero-order valence-corrected chi connectivity index (χ0v) is 11.5. The summed E-state index contributed by atoms with van der Waals surface area (Å²) in [5.41, 5.74) is 5.46. The van der Waals surface area contributed by atoms with Gasteiger partial charge in [0.1, 0.15) is 0 Å². The molecule has 96 valence electrons. The highest BCUT2D eigenvalue weighted by molar-refractivity contribution is 5.77. The number of rotatable bonds is 8. The van der Waals surface area contributed by atoms with Gasteiger partial charge < -0.3 is 10.6 Å². The Morgan fingerprint density at radius 2 is 1.75 bits per heavy atom. The minimum atomic E-state index is 0.283. The second-order valence-electron chi connectivity index (χ2n) is 5.27. The average Bonchev–Trinajstić information content (AvgIpc) is 2.09. The maximum Gasteiger partial charge on any atom is 0.0920 e. The van der Waals surface area contributed by atoms with Crippen molar-refractivity contribution < 1.29 is 0 Å². The van der Waals surface area contributed by atoms with Gasteiger partial charge >= 0.3 is 0 Å². The normalized spacial score (nSPS) is 13.8. The molecule has 0 aliphatic carbocycles. The highest BCUT2D eigenvalue weighted by atomic mass is 15.2. The lowest BCUT2D eigenvalue weighted by Crippen LogP contribution is -2.42. The lowest BCUT2D eigenvalue weighted by atomic mass is 10.1. The first-order chi connectivity index (χ1) is 7.32. The van der Waals surface area contributed by atoms with Gasteiger partial charge in [-0.15, -0.1) is 0 Å². The van der Waals surface area contributed by atoms with Gasteiger partial charge in [-0.05, 0) is 26.9 Å². The molecule has 1 unspecified atom stereocenters. The Balaban J connectivity index is 4.22. The van der Waals surface area contributed by atoms with Crippen molar-refractivity contribution in [2.75, 3.05) is 33.7 Å². The first-order valence-corrected chi connectivity index (χ1v) is 6.04. The Morgan fingerprint density at radius 3 is 2.12 bits per heavy atom. The van der Waals surface area contributed by atoms with Gasteiger partial charge in [0.25, 0.3) is 0 Å². The zero-order valence-electron chi connectivity index (χ0n) is 11.5. The smallest absolute Gasteiger partial charge is 0.0920 e. The van der Waals surface area contributed by atoms with Crippen LogP contribution in [-0.2, 0) is 0 Å². The Labute approximate surface area is 100 Å². The number of nitrogens with two attached hydrogens (primary N) is 1. The van der Waals surface area contributed by atoms with Crippen molar-refractivity contribution in [3.63, 3.8) is 0 Å². The fraction of sp³-hybridized carbons (Fsp3) is 0.917. The Bertz CT molecular complexity index is 201. The quantitative estimate of drug-likeness (QED) is 0.485. The molecule has 4 heteroatoms. The van der Waals surface area contributed by atoms with Crippen LogP contribution in [0.3, 0.4) is 0 Å². The molecule has 0 saturated carbocycles. The van der Waals surface area contributed by atoms with Crippen molar-refractivity contribution in [2.24, 2.45) is 11.7 Å². The van der Waals surface area contributed by atoms with Crippen LogP contribution in [0.25, 0.3) is 0 Å². The molecule has 0 aromatic heterocycles. The molecule has 16 heavy (non-hydrogen) atoms. The van der Waals surface area contributed by atoms with Crippen molar-refractivity contribution in [3.8, 4) is 0 Å². The largest absolute Gasteiger partial charge is 0.388 e. The van der Waals surface area contributed by atoms with Crippen LogP contribution in [0, 0.1) is 11.3 Å². The number of likely N-dealkylation sites (N-methyl/N-ethyl adjacent to an activating group) is 1. The molecule has 0 rings (SSSR count). The number of hydrogen-bond donors (Lipinski definition) is 2. The van der Waals surface area contributed by atoms with E-state index >= 15 is 0 Å². The predicted molar refractivity (Wildman–Crippen MR) is 71.0 cm³/mol. The van der Waals surface area contributed by atoms with Crippen molar-refractivity contribution in [1.82, 2.24) is 9.80 Å². The molecule has 0 aromatic carbocycles. The molecular weight excluding hydrogens is 200 g/mol. The van der Waals surface area contributed by atoms with Crippen LogP contribution in [0.4, 0.5) is 0 Å². The minimum Gasteiger partial charge on any atom is -0.388 e. The van der Waals surface area contributed by atoms with Gasteiger partial charge in [0.2, 0.25) is 0 Å². The first-order valence-electron chi connectivity index (χ1n) is 6.04. The summed E-state index contributed by atoms with van der Waals surface area (Å²) in [6.07, 6.45) is 0.667. The molecular formula is C12H28N4. The van der Waals surface area contributed by atoms with Crippen LogP contribution in [0.1, 0.15) is 27.2 Å². The number of amidine groups is 1. The molecule has 0 amide bonds. The van der Waals surface area contributed by atoms with E-state index in [2.05, 4.69) is 44.7 Å². The standard InChI is InChI=1S/C12H28N4/c1-10(2)9-16(7-6-15(4)5)11(3)8-12(13)14/h10-11H,6-9H2,1-5H3,(H3,13,14). The molecule has 0 aromatic rings. The summed E-state index contributed by atoms with van der Waals surface area (Å²) in [7, 11) is 4.17. The van der Waals surface area contributed by atoms with E-state index < -0.39 is 0 Å². The average molecular weight is 228 g/mol. The first kappa shape index (κ1) is 15.4. The van der Waals surface area contributed by atoms with Crippen LogP contribution in [0.5, 0.6) is 0 Å². The number of nitrogens with one attached hydrogen (secondary N) is 1. The van der Waals surface area contributed by atoms with E-state index in [9.17, 15) is 0 Å². The topological polar surface area (TPSA) is 56.4 Å². The summed E-state index contributed by atoms with van der Waals surface area (Å²) in [6, 6.07) is 0.361. The van der Waals surface area contributed by atoms with Crippen molar-refractivity contribution in [3.05, 3.63) is 0 Å². The summed E-state index contributed by atoms with van der Waals surface area (Å²) in [4.78, 5) is 4.61. The van der Waals surface area contributed by atoms with Gasteiger partial charge in [0, 0.05) is 32.1 Å². The molecule has 0 radical (unpaired) electrons. The highest BCUT2D eigenvalue weighted by Gasteiger charge is 2.15. The van der Waals surface area contributed by atoms with Crippen molar-refractivity contribution in [2.45, 2.75) is 33.2 Å². The third-order valence-corrected chi connectivity index (χ3v) is 2.57. The molecule has 4 nitrogen and oxygen atoms in total. The van der Waals surface area contributed by atoms with Gasteiger partial charge in [-0.25, -0.2) is 0 Å². The van der Waals surface area contributed by atoms with Gasteiger partial charge in [-0.3, -0.25) is 10.3 Å². The summed E-state index contributed by atoms with van der Waals surface area (Å²) in [5.74, 6) is 0.933. The molecule has 0 aliphatic rings. The summed E-state index contributed by atoms with van der Waals surface area (Å²) in [6.45, 7) is 9.77. The van der Waals surface area contributed by atoms with Crippen LogP contribution in [0.15, 0.2) is 0 Å². The van der Waals surface area contributed by atoms with Crippen LogP contribution in [-0.4, -0.2) is 55.4 Å². The fourth-order valence-electron chi connectivity index (χ4n) is 1.74. The monoisotopic (exact) mass is 228 g/mol. The number of nitrogens with zero attached hydrogens (tertiary/aromatic N) is 2. The van der Waals surface area contributed by atoms with E-state index in [0.717, 1.165) is 19.6 Å². The van der Waals surface area contributed by atoms with E-state index in [1.54, 1.807) is 0 Å². The van der Waals surface area contributed by atoms with E-state index in [1.807, 2.05) is 0 Å². The Hall–Kier alpha value is -0.610. The van der Waals surface area contributed by atoms with Crippen molar-refractivity contribution in [1.29, 1.82) is 5.41 Å². The molecule has 0 spiro atoms. The molecule has 0 bridgehead atoms. The second-order valence-corrected chi connectivity index (χ2v) is 5.27. The second kappa shape index (κ2) is 7.63. The summed E-state index contributed by atoms with van der Waals surface area (Å²) < 4.78 is 0. The van der Waals surface area contributed by atoms with Gasteiger partial charge in [-0.2, -0.15) is 0 Å². The molecule has 3 N–H and O–H groups in total. The molecule has 0 fully saturated rings. The highest BCUT2D eigenvalue weighted by Crippen LogP contribution is 2.07. The fourth-order valence-corrected chi connectivity index (χ4v) is 1.74. The van der Waals surface area contributed by atoms with Crippen molar-refractivity contribution >= 4 is 5.84 Å². The third-order valence-electron chi connectivity index (χ3n) is 2.57. The number of hydrogen-bond acceptors (Lipinski definition) is 3. The Kier molecular flexibility index (Phi) is 7.34. The van der Waals surface area contributed by atoms with Crippen LogP contribution < -0.4 is 5.73 Å². The van der Waals surface area contributed by atoms with E-state index in [4.69, 9.17) is 11.1 Å². The predicted octanol–water partition coefficient (Wildman–Crippen LogP) is 1.22. The molecule has 0 aliphatic heterocycles. The van der Waals surface area contributed by atoms with E-state index in [1.165, 1.54) is 0 Å². The SMILES string of the molecule is CC(C)CN(CCN(C)C)C(C)CC(=N)N. The van der Waals surface area contributed by atoms with Gasteiger partial charge in [0.05, 0.1) is 5.84 Å². The van der Waals surface area contributed by atoms with E-state index in [0.29, 0.717) is 18.4 Å². The van der Waals surface area contributed by atoms with Gasteiger partial charge in [-0.1, -0.05) is 13.8 Å². The maximum absolute atomic E-state index is 7.36. The van der Waals surface area contributed by atoms with E-state index in [-0.39, 0.29) is 5.84 Å². The molecule has 1 atom stereocenters. The summed E-state index contributed by atoms with van der Waals surface area (Å²) >= 11 is 0. The zero-order chi connectivity index (χ0) is 12.7. The molecule has 0 heterocycles. The maximum atomic E-state index is 7.36.